The summed E-state index contributed by atoms with van der Waals surface area (Å²) in [5.41, 5.74) is 2.86. The first-order valence-corrected chi connectivity index (χ1v) is 13.3. The van der Waals surface area contributed by atoms with Crippen molar-refractivity contribution in [2.45, 2.75) is 109 Å². The molecule has 5 fully saturated rings. The highest BCUT2D eigenvalue weighted by Crippen LogP contribution is 2.66. The third-order valence-electron chi connectivity index (χ3n) is 11.5. The largest absolute Gasteiger partial charge is 0.393 e. The van der Waals surface area contributed by atoms with E-state index in [1.165, 1.54) is 5.57 Å². The lowest BCUT2D eigenvalue weighted by Crippen LogP contribution is -2.56. The Morgan fingerprint density at radius 3 is 2.56 bits per heavy atom. The van der Waals surface area contributed by atoms with Gasteiger partial charge >= 0.3 is 0 Å². The predicted octanol–water partition coefficient (Wildman–Crippen LogP) is 3.02. The van der Waals surface area contributed by atoms with E-state index in [9.17, 15) is 15.3 Å². The van der Waals surface area contributed by atoms with Crippen LogP contribution in [0.15, 0.2) is 11.1 Å². The van der Waals surface area contributed by atoms with Crippen LogP contribution in [0.3, 0.4) is 0 Å². The molecule has 0 aromatic carbocycles. The molecule has 180 valence electrons. The monoisotopic (exact) mass is 445 g/mol. The molecule has 2 aliphatic heterocycles. The maximum absolute atomic E-state index is 11.1. The Hall–Kier alpha value is -0.460. The lowest BCUT2D eigenvalue weighted by atomic mass is 9.50. The molecular weight excluding hydrogens is 402 g/mol. The highest BCUT2D eigenvalue weighted by molar-refractivity contribution is 5.36. The fraction of sp³-hybridized carbons (Fsp3) is 0.926. The first-order valence-electron chi connectivity index (χ1n) is 13.3. The number of hydrogen-bond acceptors (Lipinski definition) is 5. The van der Waals surface area contributed by atoms with E-state index in [0.717, 1.165) is 38.6 Å². The zero-order valence-electron chi connectivity index (χ0n) is 20.3. The Kier molecular flexibility index (Phi) is 5.01. The molecule has 5 nitrogen and oxygen atoms in total. The maximum Gasteiger partial charge on any atom is 0.0937 e. The van der Waals surface area contributed by atoms with Gasteiger partial charge in [0.05, 0.1) is 30.0 Å². The quantitative estimate of drug-likeness (QED) is 0.431. The first-order chi connectivity index (χ1) is 15.2. The average molecular weight is 446 g/mol. The number of allylic oxidation sites excluding steroid dienone is 1. The second-order valence-corrected chi connectivity index (χ2v) is 12.9. The van der Waals surface area contributed by atoms with Crippen LogP contribution in [0.5, 0.6) is 0 Å². The van der Waals surface area contributed by atoms with E-state index in [1.54, 1.807) is 5.57 Å². The molecule has 13 atom stereocenters. The normalized spacial score (nSPS) is 59.5. The van der Waals surface area contributed by atoms with Crippen LogP contribution in [0, 0.1) is 40.9 Å². The van der Waals surface area contributed by atoms with Gasteiger partial charge in [-0.3, -0.25) is 0 Å². The fourth-order valence-corrected chi connectivity index (χ4v) is 9.77. The van der Waals surface area contributed by atoms with E-state index in [1.807, 2.05) is 0 Å². The molecule has 0 amide bonds. The van der Waals surface area contributed by atoms with Gasteiger partial charge in [-0.2, -0.15) is 0 Å². The summed E-state index contributed by atoms with van der Waals surface area (Å²) in [6.07, 6.45) is 5.08. The molecule has 0 bridgehead atoms. The molecule has 2 heterocycles. The van der Waals surface area contributed by atoms with E-state index in [-0.39, 0.29) is 23.0 Å². The lowest BCUT2D eigenvalue weighted by Gasteiger charge is -2.56. The molecule has 32 heavy (non-hydrogen) atoms. The van der Waals surface area contributed by atoms with Crippen molar-refractivity contribution in [1.29, 1.82) is 0 Å². The fourth-order valence-electron chi connectivity index (χ4n) is 9.77. The van der Waals surface area contributed by atoms with Crippen molar-refractivity contribution in [3.05, 3.63) is 11.1 Å². The Balaban J connectivity index is 1.35. The van der Waals surface area contributed by atoms with Crippen molar-refractivity contribution in [2.75, 3.05) is 6.54 Å². The van der Waals surface area contributed by atoms with Gasteiger partial charge in [0.15, 0.2) is 0 Å². The zero-order valence-corrected chi connectivity index (χ0v) is 20.3. The Morgan fingerprint density at radius 1 is 1.00 bits per heavy atom. The molecule has 4 aliphatic carbocycles. The van der Waals surface area contributed by atoms with Crippen molar-refractivity contribution in [3.8, 4) is 0 Å². The topological polar surface area (TPSA) is 82.0 Å². The second-order valence-electron chi connectivity index (χ2n) is 12.9. The second kappa shape index (κ2) is 7.27. The molecule has 2 saturated heterocycles. The summed E-state index contributed by atoms with van der Waals surface area (Å²) in [5, 5.41) is 35.9. The molecule has 3 saturated carbocycles. The van der Waals surface area contributed by atoms with Gasteiger partial charge in [0, 0.05) is 12.0 Å². The van der Waals surface area contributed by atoms with Crippen LogP contribution in [0.4, 0.5) is 0 Å². The number of piperidine rings is 1. The Morgan fingerprint density at radius 2 is 1.78 bits per heavy atom. The van der Waals surface area contributed by atoms with Gasteiger partial charge in [-0.1, -0.05) is 26.3 Å². The van der Waals surface area contributed by atoms with Gasteiger partial charge in [0.1, 0.15) is 0 Å². The van der Waals surface area contributed by atoms with E-state index in [2.05, 4.69) is 33.0 Å². The first kappa shape index (κ1) is 22.0. The molecule has 0 aromatic heterocycles. The van der Waals surface area contributed by atoms with Crippen LogP contribution >= 0.6 is 0 Å². The highest BCUT2D eigenvalue weighted by atomic mass is 16.5. The van der Waals surface area contributed by atoms with Crippen LogP contribution in [0.1, 0.15) is 72.6 Å². The number of aliphatic hydroxyl groups is 3. The van der Waals surface area contributed by atoms with Crippen LogP contribution in [-0.4, -0.2) is 57.9 Å². The number of rotatable bonds is 0. The molecule has 0 aromatic rings. The minimum atomic E-state index is -0.696. The van der Waals surface area contributed by atoms with Crippen LogP contribution in [-0.2, 0) is 4.74 Å². The third kappa shape index (κ3) is 2.81. The van der Waals surface area contributed by atoms with Gasteiger partial charge in [-0.25, -0.2) is 0 Å². The minimum Gasteiger partial charge on any atom is -0.393 e. The van der Waals surface area contributed by atoms with Crippen molar-refractivity contribution in [2.24, 2.45) is 40.9 Å². The van der Waals surface area contributed by atoms with Crippen molar-refractivity contribution >= 4 is 0 Å². The number of nitrogens with one attached hydrogen (secondary N) is 1. The van der Waals surface area contributed by atoms with Crippen LogP contribution in [0.25, 0.3) is 0 Å². The standard InChI is InChI=1S/C27H43NO4/c1-13-7-24-25(28-12-13)15(3)27(32-24)6-5-16-17(14(27)2)8-19-18(16)9-21(29)20-10-22(30)23(31)11-26(19,20)4/h13,15-16,18-25,28-31H,5-12H2,1-4H3/t13-,15+,16-,18+,19-,20+,21+,22-,23-,24+,25-,26+,27-/m0/s1. The molecule has 1 spiro atoms. The molecule has 4 N–H and O–H groups in total. The van der Waals surface area contributed by atoms with Crippen LogP contribution < -0.4 is 5.32 Å². The summed E-state index contributed by atoms with van der Waals surface area (Å²) >= 11 is 0. The summed E-state index contributed by atoms with van der Waals surface area (Å²) < 4.78 is 6.99. The number of hydrogen-bond donors (Lipinski definition) is 4. The lowest BCUT2D eigenvalue weighted by molar-refractivity contribution is -0.165. The zero-order chi connectivity index (χ0) is 22.6. The third-order valence-corrected chi connectivity index (χ3v) is 11.5. The van der Waals surface area contributed by atoms with E-state index < -0.39 is 12.2 Å². The van der Waals surface area contributed by atoms with Crippen molar-refractivity contribution < 1.29 is 20.1 Å². The molecule has 6 rings (SSSR count). The maximum atomic E-state index is 11.1. The van der Waals surface area contributed by atoms with Crippen molar-refractivity contribution in [1.82, 2.24) is 5.32 Å². The van der Waals surface area contributed by atoms with Gasteiger partial charge in [0.2, 0.25) is 0 Å². The smallest absolute Gasteiger partial charge is 0.0937 e. The van der Waals surface area contributed by atoms with Gasteiger partial charge < -0.3 is 25.4 Å². The van der Waals surface area contributed by atoms with Gasteiger partial charge in [-0.05, 0) is 99.0 Å². The predicted molar refractivity (Wildman–Crippen MR) is 123 cm³/mol. The Bertz CT molecular complexity index is 813. The van der Waals surface area contributed by atoms with E-state index >= 15 is 0 Å². The summed E-state index contributed by atoms with van der Waals surface area (Å²) in [6, 6.07) is 0.459. The summed E-state index contributed by atoms with van der Waals surface area (Å²) in [6.45, 7) is 10.5. The SMILES string of the molecule is CC1=C2C[C@H]3[C@H](C[C@@H](O)[C@H]4C[C@H](O)[C@@H](O)C[C@@]43C)[C@H]2CC[C@]12O[C@@H]1C[C@H](C)CN[C@H]1[C@H]2C. The number of aliphatic hydroxyl groups excluding tert-OH is 3. The van der Waals surface area contributed by atoms with Gasteiger partial charge in [0.25, 0.3) is 0 Å². The molecule has 6 aliphatic rings. The summed E-state index contributed by atoms with van der Waals surface area (Å²) in [4.78, 5) is 0. The highest BCUT2D eigenvalue weighted by Gasteiger charge is 2.63. The Labute approximate surface area is 193 Å². The molecular formula is C27H43NO4. The summed E-state index contributed by atoms with van der Waals surface area (Å²) in [5.74, 6) is 2.77. The average Bonchev–Trinajstić information content (AvgIpc) is 3.24. The summed E-state index contributed by atoms with van der Waals surface area (Å²) in [7, 11) is 0. The number of ether oxygens (including phenoxy) is 1. The van der Waals surface area contributed by atoms with E-state index in [0.29, 0.717) is 54.6 Å². The van der Waals surface area contributed by atoms with Crippen molar-refractivity contribution in [3.63, 3.8) is 0 Å². The van der Waals surface area contributed by atoms with E-state index in [4.69, 9.17) is 4.74 Å². The molecule has 5 heteroatoms. The minimum absolute atomic E-state index is 0.0902. The van der Waals surface area contributed by atoms with Gasteiger partial charge in [-0.15, -0.1) is 0 Å². The molecule has 0 unspecified atom stereocenters. The van der Waals surface area contributed by atoms with Crippen LogP contribution in [0.2, 0.25) is 0 Å². The molecule has 0 radical (unpaired) electrons. The number of fused-ring (bicyclic) bond motifs is 6.